The van der Waals surface area contributed by atoms with Crippen LogP contribution in [0.5, 0.6) is 0 Å². The van der Waals surface area contributed by atoms with Gasteiger partial charge in [-0.1, -0.05) is 150 Å². The highest BCUT2D eigenvalue weighted by Gasteiger charge is 2.46. The molecule has 20 heteroatoms. The van der Waals surface area contributed by atoms with Gasteiger partial charge in [0.25, 0.3) is 0 Å². The van der Waals surface area contributed by atoms with Crippen LogP contribution in [-0.4, -0.2) is 85.7 Å². The van der Waals surface area contributed by atoms with Gasteiger partial charge in [0.05, 0.1) is 13.2 Å². The highest BCUT2D eigenvalue weighted by Crippen LogP contribution is 2.60. The van der Waals surface area contributed by atoms with Crippen LogP contribution < -0.4 is 11.4 Å². The molecule has 2 rings (SSSR count). The van der Waals surface area contributed by atoms with E-state index < -0.39 is 83.7 Å². The molecule has 1 aliphatic heterocycles. The summed E-state index contributed by atoms with van der Waals surface area (Å²) in [7, 11) is -10.8. The summed E-state index contributed by atoms with van der Waals surface area (Å²) in [5, 5.41) is 20.9. The highest BCUT2D eigenvalue weighted by molar-refractivity contribution is 7.61. The monoisotopic (exact) mass is 939 g/mol. The molecule has 7 atom stereocenters. The molecule has 0 aromatic carbocycles. The number of carbonyl (C=O) groups excluding carboxylic acids is 2. The summed E-state index contributed by atoms with van der Waals surface area (Å²) in [4.78, 5) is 61.6. The molecule has 0 saturated carbocycles. The Labute approximate surface area is 374 Å². The number of aliphatic hydroxyl groups excluding tert-OH is 2. The van der Waals surface area contributed by atoms with Crippen molar-refractivity contribution in [2.24, 2.45) is 11.8 Å². The Kier molecular flexibility index (Phi) is 28.6. The summed E-state index contributed by atoms with van der Waals surface area (Å²) in [6.07, 6.45) is 16.7. The SMILES string of the molecule is CC(C)CCCCCCCCCCCCCCC(=O)O[C@H](COC(=O)CCCCCCCCCC(C)C)COP(=O)(O)OP(=O)(O)OC[C@H]1O[C@@H](n2ccc(N)nc2=O)C(O)[C@H]1O. The summed E-state index contributed by atoms with van der Waals surface area (Å²) in [5.41, 5.74) is 4.58. The number of nitrogens with zero attached hydrogens (tertiary/aromatic N) is 2. The van der Waals surface area contributed by atoms with Crippen LogP contribution in [0.3, 0.4) is 0 Å². The number of phosphoric acid groups is 2. The van der Waals surface area contributed by atoms with E-state index in [0.717, 1.165) is 61.9 Å². The number of ether oxygens (including phenoxy) is 3. The molecule has 3 unspecified atom stereocenters. The second-order valence-electron chi connectivity index (χ2n) is 17.6. The first-order valence-electron chi connectivity index (χ1n) is 23.3. The fourth-order valence-corrected chi connectivity index (χ4v) is 9.26. The van der Waals surface area contributed by atoms with Crippen molar-refractivity contribution in [3.05, 3.63) is 22.7 Å². The molecular formula is C43H79N3O15P2. The van der Waals surface area contributed by atoms with Gasteiger partial charge in [0, 0.05) is 19.0 Å². The lowest BCUT2D eigenvalue weighted by Crippen LogP contribution is -2.36. The lowest BCUT2D eigenvalue weighted by atomic mass is 10.0. The van der Waals surface area contributed by atoms with Gasteiger partial charge in [-0.15, -0.1) is 0 Å². The number of hydrogen-bond donors (Lipinski definition) is 5. The Morgan fingerprint density at radius 3 is 1.67 bits per heavy atom. The van der Waals surface area contributed by atoms with Crippen LogP contribution in [0.25, 0.3) is 0 Å². The largest absolute Gasteiger partial charge is 0.481 e. The number of nitrogens with two attached hydrogens (primary N) is 1. The average molecular weight is 940 g/mol. The van der Waals surface area contributed by atoms with E-state index in [1.165, 1.54) is 82.9 Å². The Bertz CT molecular complexity index is 1580. The second kappa shape index (κ2) is 31.6. The van der Waals surface area contributed by atoms with Crippen LogP contribution >= 0.6 is 15.6 Å². The normalized spacial score (nSPS) is 20.2. The molecule has 2 heterocycles. The topological polar surface area (TPSA) is 265 Å². The minimum Gasteiger partial charge on any atom is -0.462 e. The molecule has 0 aliphatic carbocycles. The third-order valence-electron chi connectivity index (χ3n) is 10.8. The van der Waals surface area contributed by atoms with Crippen LogP contribution in [0.15, 0.2) is 17.1 Å². The number of phosphoric ester groups is 2. The van der Waals surface area contributed by atoms with Crippen molar-refractivity contribution >= 4 is 33.4 Å². The molecule has 366 valence electrons. The molecule has 0 bridgehead atoms. The quantitative estimate of drug-likeness (QED) is 0.0238. The van der Waals surface area contributed by atoms with Crippen LogP contribution in [0.4, 0.5) is 5.82 Å². The van der Waals surface area contributed by atoms with Gasteiger partial charge in [-0.3, -0.25) is 23.2 Å². The van der Waals surface area contributed by atoms with Crippen LogP contribution in [0.1, 0.15) is 182 Å². The van der Waals surface area contributed by atoms with Crippen LogP contribution in [0, 0.1) is 11.8 Å². The first-order valence-corrected chi connectivity index (χ1v) is 26.3. The molecule has 18 nitrogen and oxygen atoms in total. The molecule has 1 aromatic rings. The summed E-state index contributed by atoms with van der Waals surface area (Å²) in [6, 6.07) is 1.25. The van der Waals surface area contributed by atoms with Crippen LogP contribution in [-0.2, 0) is 46.3 Å². The lowest BCUT2D eigenvalue weighted by molar-refractivity contribution is -0.161. The third kappa shape index (κ3) is 26.5. The molecule has 0 radical (unpaired) electrons. The van der Waals surface area contributed by atoms with Gasteiger partial charge >= 0.3 is 33.3 Å². The standard InChI is InChI=1S/C43H79N3O15P2/c1-33(2)24-20-16-12-9-7-5-6-8-10-14-19-23-27-39(48)59-35(30-56-38(47)26-22-18-15-11-13-17-21-25-34(3)4)31-57-62(52,53)61-63(54,55)58-32-36-40(49)41(50)42(60-36)46-29-28-37(44)45-43(46)51/h28-29,33-36,40-42,49-50H,5-27,30-32H2,1-4H3,(H,52,53)(H,54,55)(H2,44,45,51)/t35-,36-,40+,41?,42-/m1/s1. The minimum absolute atomic E-state index is 0.0554. The molecule has 1 aliphatic rings. The lowest BCUT2D eigenvalue weighted by Gasteiger charge is -2.21. The number of hydrogen-bond acceptors (Lipinski definition) is 15. The Hall–Kier alpha value is -2.24. The fourth-order valence-electron chi connectivity index (χ4n) is 7.15. The van der Waals surface area contributed by atoms with Gasteiger partial charge in [-0.2, -0.15) is 9.29 Å². The fraction of sp³-hybridized carbons (Fsp3) is 0.860. The van der Waals surface area contributed by atoms with Gasteiger partial charge in [0.1, 0.15) is 30.7 Å². The van der Waals surface area contributed by atoms with E-state index in [-0.39, 0.29) is 18.7 Å². The second-order valence-corrected chi connectivity index (χ2v) is 20.6. The van der Waals surface area contributed by atoms with Gasteiger partial charge in [0.2, 0.25) is 0 Å². The number of anilines is 1. The smallest absolute Gasteiger partial charge is 0.462 e. The third-order valence-corrected chi connectivity index (χ3v) is 13.4. The first kappa shape index (κ1) is 56.9. The first-order chi connectivity index (χ1) is 29.9. The van der Waals surface area contributed by atoms with Crippen molar-refractivity contribution < 1.29 is 66.3 Å². The van der Waals surface area contributed by atoms with Crippen molar-refractivity contribution in [3.63, 3.8) is 0 Å². The Balaban J connectivity index is 1.82. The maximum atomic E-state index is 12.8. The molecule has 6 N–H and O–H groups in total. The van der Waals surface area contributed by atoms with Crippen molar-refractivity contribution in [1.29, 1.82) is 0 Å². The maximum Gasteiger partial charge on any atom is 0.481 e. The van der Waals surface area contributed by atoms with E-state index in [4.69, 9.17) is 29.0 Å². The molecule has 63 heavy (non-hydrogen) atoms. The van der Waals surface area contributed by atoms with Crippen molar-refractivity contribution in [2.45, 2.75) is 206 Å². The average Bonchev–Trinajstić information content (AvgIpc) is 3.48. The number of nitrogen functional groups attached to an aromatic ring is 1. The molecule has 0 amide bonds. The van der Waals surface area contributed by atoms with E-state index in [0.29, 0.717) is 18.8 Å². The summed E-state index contributed by atoms with van der Waals surface area (Å²) in [5.74, 6) is 0.187. The van der Waals surface area contributed by atoms with E-state index in [9.17, 15) is 43.5 Å². The number of unbranched alkanes of at least 4 members (excludes halogenated alkanes) is 17. The van der Waals surface area contributed by atoms with E-state index >= 15 is 0 Å². The predicted molar refractivity (Wildman–Crippen MR) is 238 cm³/mol. The maximum absolute atomic E-state index is 12.8. The predicted octanol–water partition coefficient (Wildman–Crippen LogP) is 8.43. The molecular weight excluding hydrogens is 860 g/mol. The highest BCUT2D eigenvalue weighted by atomic mass is 31.3. The number of aromatic nitrogens is 2. The van der Waals surface area contributed by atoms with Gasteiger partial charge in [0.15, 0.2) is 12.3 Å². The van der Waals surface area contributed by atoms with Crippen molar-refractivity contribution in [2.75, 3.05) is 25.6 Å². The summed E-state index contributed by atoms with van der Waals surface area (Å²) >= 11 is 0. The van der Waals surface area contributed by atoms with Gasteiger partial charge in [-0.05, 0) is 30.7 Å². The summed E-state index contributed by atoms with van der Waals surface area (Å²) < 4.78 is 56.6. The number of rotatable bonds is 37. The van der Waals surface area contributed by atoms with E-state index in [2.05, 4.69) is 37.0 Å². The summed E-state index contributed by atoms with van der Waals surface area (Å²) in [6.45, 7) is 6.68. The number of carbonyl (C=O) groups is 2. The zero-order chi connectivity index (χ0) is 46.7. The molecule has 1 saturated heterocycles. The zero-order valence-corrected chi connectivity index (χ0v) is 40.0. The van der Waals surface area contributed by atoms with E-state index in [1.807, 2.05) is 0 Å². The van der Waals surface area contributed by atoms with Crippen molar-refractivity contribution in [1.82, 2.24) is 9.55 Å². The minimum atomic E-state index is -5.41. The van der Waals surface area contributed by atoms with Crippen molar-refractivity contribution in [3.8, 4) is 0 Å². The van der Waals surface area contributed by atoms with Gasteiger partial charge in [-0.25, -0.2) is 13.9 Å². The van der Waals surface area contributed by atoms with E-state index in [1.54, 1.807) is 0 Å². The number of esters is 2. The van der Waals surface area contributed by atoms with Crippen LogP contribution in [0.2, 0.25) is 0 Å². The molecule has 1 fully saturated rings. The zero-order valence-electron chi connectivity index (χ0n) is 38.2. The Morgan fingerprint density at radius 2 is 1.17 bits per heavy atom. The molecule has 1 aromatic heterocycles. The number of aliphatic hydroxyl groups is 2. The molecule has 0 spiro atoms. The Morgan fingerprint density at radius 1 is 0.714 bits per heavy atom. The van der Waals surface area contributed by atoms with Gasteiger partial charge < -0.3 is 39.9 Å².